The van der Waals surface area contributed by atoms with Crippen molar-refractivity contribution in [1.82, 2.24) is 0 Å². The van der Waals surface area contributed by atoms with Crippen LogP contribution in [0.2, 0.25) is 0 Å². The normalized spacial score (nSPS) is 22.8. The fraction of sp³-hybridized carbons (Fsp3) is 0.279. The second-order valence-electron chi connectivity index (χ2n) is 19.8. The van der Waals surface area contributed by atoms with Gasteiger partial charge in [0, 0.05) is 0 Å². The molecule has 12 heteroatoms. The minimum absolute atomic E-state index is 0.0164. The smallest absolute Gasteiger partial charge is 0.338 e. The number of ether oxygens (including phenoxy) is 11. The van der Waals surface area contributed by atoms with Gasteiger partial charge >= 0.3 is 5.97 Å². The molecular formula is C68H68O12. The third-order valence-electron chi connectivity index (χ3n) is 13.9. The first-order valence-corrected chi connectivity index (χ1v) is 27.3. The number of hydrogen-bond acceptors (Lipinski definition) is 12. The van der Waals surface area contributed by atoms with E-state index in [9.17, 15) is 0 Å². The van der Waals surface area contributed by atoms with Gasteiger partial charge in [-0.1, -0.05) is 243 Å². The molecule has 10 rings (SSSR count). The molecule has 0 N–H and O–H groups in total. The highest BCUT2D eigenvalue weighted by molar-refractivity contribution is 5.76. The molecule has 8 aromatic rings. The van der Waals surface area contributed by atoms with Gasteiger partial charge in [0.1, 0.15) is 49.3 Å². The third kappa shape index (κ3) is 16.2. The second kappa shape index (κ2) is 29.9. The van der Waals surface area contributed by atoms with Gasteiger partial charge in [0.2, 0.25) is 0 Å². The lowest BCUT2D eigenvalue weighted by Crippen LogP contribution is -2.67. The Morgan fingerprint density at radius 3 is 0.988 bits per heavy atom. The molecule has 2 aliphatic rings. The first kappa shape index (κ1) is 56.1. The number of carbonyl (C=O) groups is 1. The van der Waals surface area contributed by atoms with Crippen molar-refractivity contribution in [2.45, 2.75) is 114 Å². The number of esters is 1. The van der Waals surface area contributed by atoms with Gasteiger partial charge in [0.25, 0.3) is 0 Å². The van der Waals surface area contributed by atoms with Crippen LogP contribution in [-0.2, 0) is 110 Å². The summed E-state index contributed by atoms with van der Waals surface area (Å²) in [5.41, 5.74) is 7.24. The van der Waals surface area contributed by atoms with Crippen molar-refractivity contribution in [1.29, 1.82) is 0 Å². The Labute approximate surface area is 469 Å². The van der Waals surface area contributed by atoms with Crippen LogP contribution in [0.4, 0.5) is 0 Å². The number of hydrogen-bond donors (Lipinski definition) is 0. The lowest BCUT2D eigenvalue weighted by molar-refractivity contribution is -0.374. The highest BCUT2D eigenvalue weighted by Crippen LogP contribution is 2.37. The third-order valence-corrected chi connectivity index (χ3v) is 13.9. The maximum absolute atomic E-state index is 15.0. The average molecular weight is 1080 g/mol. The molecule has 80 heavy (non-hydrogen) atoms. The van der Waals surface area contributed by atoms with Gasteiger partial charge in [-0.2, -0.15) is 0 Å². The minimum atomic E-state index is -1.39. The van der Waals surface area contributed by atoms with Crippen LogP contribution in [0.3, 0.4) is 0 Å². The van der Waals surface area contributed by atoms with Gasteiger partial charge in [0.15, 0.2) is 18.7 Å². The Bertz CT molecular complexity index is 2980. The van der Waals surface area contributed by atoms with Crippen LogP contribution in [0.1, 0.15) is 44.5 Å². The van der Waals surface area contributed by atoms with E-state index in [1.165, 1.54) is 0 Å². The van der Waals surface area contributed by atoms with Crippen molar-refractivity contribution >= 4 is 5.97 Å². The van der Waals surface area contributed by atoms with Crippen molar-refractivity contribution < 1.29 is 56.9 Å². The molecule has 2 aliphatic heterocycles. The standard InChI is InChI=1S/C68H68O12/c69-66(76-47-56-37-21-7-22-38-56)63-61(72-43-52-29-13-3-14-30-52)62(73-44-53-31-15-4-16-32-53)65(75-46-55-35-19-6-20-36-55)68(80-63)79-59-58(49-70-41-50-25-9-1-10-26-50)78-67(77-48-57-39-23-8-24-40-57)64(74-45-54-33-17-5-18-34-54)60(59)71-42-51-27-11-2-12-28-51/h1-40,58-65,67-68H,41-49H2/t58-,59-,60+,61+,62+,63+,64-,65-,67-,68-/m1/s1. The zero-order valence-corrected chi connectivity index (χ0v) is 44.6. The first-order chi connectivity index (χ1) is 39.6. The predicted molar refractivity (Wildman–Crippen MR) is 301 cm³/mol. The van der Waals surface area contributed by atoms with E-state index in [1.807, 2.05) is 243 Å². The van der Waals surface area contributed by atoms with Crippen LogP contribution >= 0.6 is 0 Å². The van der Waals surface area contributed by atoms with E-state index < -0.39 is 67.4 Å². The van der Waals surface area contributed by atoms with Crippen LogP contribution in [0.15, 0.2) is 243 Å². The summed E-state index contributed by atoms with van der Waals surface area (Å²) >= 11 is 0. The van der Waals surface area contributed by atoms with E-state index in [4.69, 9.17) is 52.1 Å². The minimum Gasteiger partial charge on any atom is -0.459 e. The van der Waals surface area contributed by atoms with Crippen LogP contribution < -0.4 is 0 Å². The highest BCUT2D eigenvalue weighted by Gasteiger charge is 2.56. The molecule has 10 atom stereocenters. The molecule has 2 fully saturated rings. The Kier molecular flexibility index (Phi) is 21.0. The summed E-state index contributed by atoms with van der Waals surface area (Å²) in [6, 6.07) is 78.6. The summed E-state index contributed by atoms with van der Waals surface area (Å²) in [5, 5.41) is 0. The largest absolute Gasteiger partial charge is 0.459 e. The van der Waals surface area contributed by atoms with Gasteiger partial charge in [0.05, 0.1) is 52.9 Å². The number of carbonyl (C=O) groups excluding carboxylic acids is 1. The molecule has 0 saturated carbocycles. The van der Waals surface area contributed by atoms with Crippen molar-refractivity contribution in [3.63, 3.8) is 0 Å². The molecule has 12 nitrogen and oxygen atoms in total. The summed E-state index contributed by atoms with van der Waals surface area (Å²) < 4.78 is 76.4. The zero-order chi connectivity index (χ0) is 54.4. The lowest BCUT2D eigenvalue weighted by atomic mass is 9.95. The van der Waals surface area contributed by atoms with E-state index in [0.717, 1.165) is 44.5 Å². The first-order valence-electron chi connectivity index (χ1n) is 27.3. The molecule has 0 spiro atoms. The quantitative estimate of drug-likeness (QED) is 0.0456. The number of benzene rings is 8. The molecule has 0 unspecified atom stereocenters. The van der Waals surface area contributed by atoms with Crippen LogP contribution in [0, 0.1) is 0 Å². The molecule has 0 radical (unpaired) electrons. The molecule has 412 valence electrons. The molecular weight excluding hydrogens is 1010 g/mol. The fourth-order valence-corrected chi connectivity index (χ4v) is 9.75. The topological polar surface area (TPSA) is 119 Å². The van der Waals surface area contributed by atoms with Crippen molar-refractivity contribution in [3.8, 4) is 0 Å². The second-order valence-corrected chi connectivity index (χ2v) is 19.8. The van der Waals surface area contributed by atoms with E-state index in [1.54, 1.807) is 0 Å². The summed E-state index contributed by atoms with van der Waals surface area (Å²) in [6.45, 7) is 1.27. The molecule has 2 saturated heterocycles. The molecule has 0 aromatic heterocycles. The summed E-state index contributed by atoms with van der Waals surface area (Å²) in [7, 11) is 0. The van der Waals surface area contributed by atoms with Crippen molar-refractivity contribution in [3.05, 3.63) is 287 Å². The van der Waals surface area contributed by atoms with Crippen molar-refractivity contribution in [2.24, 2.45) is 0 Å². The molecule has 8 aromatic carbocycles. The predicted octanol–water partition coefficient (Wildman–Crippen LogP) is 11.9. The summed E-state index contributed by atoms with van der Waals surface area (Å²) in [4.78, 5) is 15.0. The van der Waals surface area contributed by atoms with E-state index in [0.29, 0.717) is 0 Å². The maximum Gasteiger partial charge on any atom is 0.338 e. The Balaban J connectivity index is 1.07. The van der Waals surface area contributed by atoms with Crippen LogP contribution in [0.5, 0.6) is 0 Å². The molecule has 2 heterocycles. The van der Waals surface area contributed by atoms with Crippen molar-refractivity contribution in [2.75, 3.05) is 6.61 Å². The van der Waals surface area contributed by atoms with Gasteiger partial charge in [-0.25, -0.2) is 4.79 Å². The molecule has 0 bridgehead atoms. The number of rotatable bonds is 27. The average Bonchev–Trinajstić information content (AvgIpc) is 3.58. The monoisotopic (exact) mass is 1080 g/mol. The Morgan fingerprint density at radius 2 is 0.600 bits per heavy atom. The molecule has 0 aliphatic carbocycles. The lowest BCUT2D eigenvalue weighted by Gasteiger charge is -2.49. The summed E-state index contributed by atoms with van der Waals surface area (Å²) in [5.74, 6) is -0.673. The van der Waals surface area contributed by atoms with Gasteiger partial charge < -0.3 is 52.1 Å². The van der Waals surface area contributed by atoms with E-state index >= 15 is 4.79 Å². The fourth-order valence-electron chi connectivity index (χ4n) is 9.75. The van der Waals surface area contributed by atoms with E-state index in [2.05, 4.69) is 0 Å². The van der Waals surface area contributed by atoms with Gasteiger partial charge in [-0.05, 0) is 44.5 Å². The maximum atomic E-state index is 15.0. The highest BCUT2D eigenvalue weighted by atomic mass is 16.8. The van der Waals surface area contributed by atoms with Crippen LogP contribution in [0.25, 0.3) is 0 Å². The van der Waals surface area contributed by atoms with Gasteiger partial charge in [-0.15, -0.1) is 0 Å². The zero-order valence-electron chi connectivity index (χ0n) is 44.6. The SMILES string of the molecule is O=C(OCc1ccccc1)[C@H]1O[C@@H](O[C@H]2[C@H](OCc3ccccc3)[C@@H](OCc3ccccc3)[C@H](OCc3ccccc3)O[C@@H]2COCc2ccccc2)[C@H](OCc2ccccc2)[C@@H](OCc2ccccc2)[C@@H]1OCc1ccccc1. The van der Waals surface area contributed by atoms with Gasteiger partial charge in [-0.3, -0.25) is 0 Å². The van der Waals surface area contributed by atoms with E-state index in [-0.39, 0.29) is 59.5 Å². The molecule has 0 amide bonds. The Hall–Kier alpha value is -7.17. The van der Waals surface area contributed by atoms with Crippen LogP contribution in [-0.4, -0.2) is 74.0 Å². The Morgan fingerprint density at radius 1 is 0.300 bits per heavy atom. The summed E-state index contributed by atoms with van der Waals surface area (Å²) in [6.07, 6.45) is -10.6.